The van der Waals surface area contributed by atoms with Crippen molar-refractivity contribution in [3.63, 3.8) is 0 Å². The van der Waals surface area contributed by atoms with E-state index in [-0.39, 0.29) is 23.6 Å². The van der Waals surface area contributed by atoms with Crippen LogP contribution in [0.25, 0.3) is 0 Å². The fourth-order valence-corrected chi connectivity index (χ4v) is 4.04. The molecule has 1 aromatic rings. The SMILES string of the molecule is O=C1CCCN1C1CCC(O)C(Cc2c(O)cccc2Cl)C1. The number of halogens is 1. The number of carbonyl (C=O) groups excluding carboxylic acids is 1. The van der Waals surface area contributed by atoms with Crippen LogP contribution in [0.2, 0.25) is 5.02 Å². The molecule has 3 unspecified atom stereocenters. The highest BCUT2D eigenvalue weighted by Gasteiger charge is 2.36. The van der Waals surface area contributed by atoms with E-state index in [0.29, 0.717) is 29.8 Å². The van der Waals surface area contributed by atoms with E-state index in [1.807, 2.05) is 4.90 Å². The largest absolute Gasteiger partial charge is 0.508 e. The van der Waals surface area contributed by atoms with Gasteiger partial charge in [0.1, 0.15) is 5.75 Å². The number of phenolic OH excluding ortho intramolecular Hbond substituents is 1. The molecule has 22 heavy (non-hydrogen) atoms. The molecule has 1 saturated carbocycles. The van der Waals surface area contributed by atoms with Crippen LogP contribution < -0.4 is 0 Å². The van der Waals surface area contributed by atoms with Crippen molar-refractivity contribution in [1.82, 2.24) is 4.90 Å². The molecule has 3 atom stereocenters. The predicted octanol–water partition coefficient (Wildman–Crippen LogP) is 2.74. The van der Waals surface area contributed by atoms with Crippen molar-refractivity contribution in [3.05, 3.63) is 28.8 Å². The summed E-state index contributed by atoms with van der Waals surface area (Å²) in [6.07, 6.45) is 4.07. The first-order chi connectivity index (χ1) is 10.6. The number of nitrogens with zero attached hydrogens (tertiary/aromatic N) is 1. The Balaban J connectivity index is 1.73. The van der Waals surface area contributed by atoms with E-state index in [2.05, 4.69) is 0 Å². The molecule has 1 saturated heterocycles. The molecule has 1 aliphatic heterocycles. The number of likely N-dealkylation sites (tertiary alicyclic amines) is 1. The van der Waals surface area contributed by atoms with Gasteiger partial charge in [-0.1, -0.05) is 17.7 Å². The number of amides is 1. The Morgan fingerprint density at radius 3 is 2.82 bits per heavy atom. The first-order valence-electron chi connectivity index (χ1n) is 8.00. The van der Waals surface area contributed by atoms with E-state index < -0.39 is 6.10 Å². The molecule has 1 aromatic carbocycles. The Hall–Kier alpha value is -1.26. The number of hydrogen-bond acceptors (Lipinski definition) is 3. The summed E-state index contributed by atoms with van der Waals surface area (Å²) in [7, 11) is 0. The predicted molar refractivity (Wildman–Crippen MR) is 84.9 cm³/mol. The molecule has 0 bridgehead atoms. The Bertz CT molecular complexity index is 543. The number of aromatic hydroxyl groups is 1. The smallest absolute Gasteiger partial charge is 0.222 e. The van der Waals surface area contributed by atoms with Gasteiger partial charge < -0.3 is 15.1 Å². The summed E-state index contributed by atoms with van der Waals surface area (Å²) in [5, 5.41) is 20.8. The van der Waals surface area contributed by atoms with Crippen molar-refractivity contribution in [2.45, 2.75) is 50.7 Å². The number of hydrogen-bond donors (Lipinski definition) is 2. The summed E-state index contributed by atoms with van der Waals surface area (Å²) in [5.74, 6) is 0.442. The highest BCUT2D eigenvalue weighted by atomic mass is 35.5. The van der Waals surface area contributed by atoms with Gasteiger partial charge in [0.15, 0.2) is 0 Å². The molecule has 2 aliphatic rings. The second-order valence-corrected chi connectivity index (χ2v) is 6.83. The number of carbonyl (C=O) groups is 1. The molecule has 120 valence electrons. The summed E-state index contributed by atoms with van der Waals surface area (Å²) in [4.78, 5) is 13.9. The maximum atomic E-state index is 11.9. The molecular formula is C17H22ClNO3. The van der Waals surface area contributed by atoms with Crippen LogP contribution in [0.5, 0.6) is 5.75 Å². The maximum Gasteiger partial charge on any atom is 0.222 e. The summed E-state index contributed by atoms with van der Waals surface area (Å²) >= 11 is 6.18. The molecule has 2 N–H and O–H groups in total. The fourth-order valence-electron chi connectivity index (χ4n) is 3.79. The highest BCUT2D eigenvalue weighted by molar-refractivity contribution is 6.31. The third-order valence-electron chi connectivity index (χ3n) is 5.03. The second-order valence-electron chi connectivity index (χ2n) is 6.43. The van der Waals surface area contributed by atoms with Crippen molar-refractivity contribution < 1.29 is 15.0 Å². The lowest BCUT2D eigenvalue weighted by Gasteiger charge is -2.38. The van der Waals surface area contributed by atoms with Crippen LogP contribution >= 0.6 is 11.6 Å². The first kappa shape index (κ1) is 15.6. The van der Waals surface area contributed by atoms with E-state index in [4.69, 9.17) is 11.6 Å². The first-order valence-corrected chi connectivity index (χ1v) is 8.38. The molecule has 5 heteroatoms. The Kier molecular flexibility index (Phi) is 4.59. The van der Waals surface area contributed by atoms with Gasteiger partial charge in [-0.05, 0) is 50.2 Å². The van der Waals surface area contributed by atoms with Crippen molar-refractivity contribution in [2.24, 2.45) is 5.92 Å². The van der Waals surface area contributed by atoms with Gasteiger partial charge in [0, 0.05) is 29.6 Å². The van der Waals surface area contributed by atoms with E-state index >= 15 is 0 Å². The number of benzene rings is 1. The van der Waals surface area contributed by atoms with Crippen LogP contribution in [0.3, 0.4) is 0 Å². The average Bonchev–Trinajstić information content (AvgIpc) is 2.91. The molecule has 2 fully saturated rings. The molecule has 1 amide bonds. The summed E-state index contributed by atoms with van der Waals surface area (Å²) in [5.41, 5.74) is 0.696. The van der Waals surface area contributed by atoms with E-state index in [1.165, 1.54) is 0 Å². The van der Waals surface area contributed by atoms with Gasteiger partial charge >= 0.3 is 0 Å². The zero-order valence-electron chi connectivity index (χ0n) is 12.5. The van der Waals surface area contributed by atoms with Crippen LogP contribution in [-0.4, -0.2) is 39.7 Å². The third-order valence-corrected chi connectivity index (χ3v) is 5.38. The van der Waals surface area contributed by atoms with Gasteiger partial charge in [-0.15, -0.1) is 0 Å². The number of aliphatic hydroxyl groups is 1. The normalized spacial score (nSPS) is 29.1. The van der Waals surface area contributed by atoms with Gasteiger partial charge in [-0.3, -0.25) is 4.79 Å². The minimum Gasteiger partial charge on any atom is -0.508 e. The molecule has 0 spiro atoms. The van der Waals surface area contributed by atoms with Crippen LogP contribution in [0.4, 0.5) is 0 Å². The number of rotatable bonds is 3. The molecule has 4 nitrogen and oxygen atoms in total. The Labute approximate surface area is 135 Å². The average molecular weight is 324 g/mol. The lowest BCUT2D eigenvalue weighted by Crippen LogP contribution is -2.43. The standard InChI is InChI=1S/C17H22ClNO3/c18-14-3-1-4-16(21)13(14)10-11-9-12(6-7-15(11)20)19-8-2-5-17(19)22/h1,3-4,11-12,15,20-21H,2,5-10H2. The van der Waals surface area contributed by atoms with E-state index in [0.717, 1.165) is 25.8 Å². The fraction of sp³-hybridized carbons (Fsp3) is 0.588. The Morgan fingerprint density at radius 1 is 1.32 bits per heavy atom. The summed E-state index contributed by atoms with van der Waals surface area (Å²) < 4.78 is 0. The highest BCUT2D eigenvalue weighted by Crippen LogP contribution is 2.36. The lowest BCUT2D eigenvalue weighted by molar-refractivity contribution is -0.131. The molecule has 3 rings (SSSR count). The monoisotopic (exact) mass is 323 g/mol. The lowest BCUT2D eigenvalue weighted by atomic mass is 9.79. The second kappa shape index (κ2) is 6.47. The van der Waals surface area contributed by atoms with Crippen molar-refractivity contribution in [2.75, 3.05) is 6.54 Å². The topological polar surface area (TPSA) is 60.8 Å². The van der Waals surface area contributed by atoms with Crippen LogP contribution in [0, 0.1) is 5.92 Å². The maximum absolute atomic E-state index is 11.9. The van der Waals surface area contributed by atoms with Crippen molar-refractivity contribution in [1.29, 1.82) is 0 Å². The van der Waals surface area contributed by atoms with Crippen molar-refractivity contribution >= 4 is 17.5 Å². The van der Waals surface area contributed by atoms with Gasteiger partial charge in [0.25, 0.3) is 0 Å². The van der Waals surface area contributed by atoms with Gasteiger partial charge in [-0.2, -0.15) is 0 Å². The van der Waals surface area contributed by atoms with Gasteiger partial charge in [0.2, 0.25) is 5.91 Å². The van der Waals surface area contributed by atoms with Gasteiger partial charge in [0.05, 0.1) is 6.10 Å². The minimum atomic E-state index is -0.398. The third kappa shape index (κ3) is 3.08. The molecular weight excluding hydrogens is 302 g/mol. The van der Waals surface area contributed by atoms with Crippen LogP contribution in [0.1, 0.15) is 37.7 Å². The zero-order chi connectivity index (χ0) is 15.7. The quantitative estimate of drug-likeness (QED) is 0.899. The minimum absolute atomic E-state index is 0.0259. The van der Waals surface area contributed by atoms with Crippen LogP contribution in [-0.2, 0) is 11.2 Å². The summed E-state index contributed by atoms with van der Waals surface area (Å²) in [6.45, 7) is 0.837. The molecule has 1 heterocycles. The molecule has 0 aromatic heterocycles. The molecule has 1 aliphatic carbocycles. The zero-order valence-corrected chi connectivity index (χ0v) is 13.3. The Morgan fingerprint density at radius 2 is 2.14 bits per heavy atom. The van der Waals surface area contributed by atoms with E-state index in [1.54, 1.807) is 18.2 Å². The number of phenols is 1. The summed E-state index contributed by atoms with van der Waals surface area (Å²) in [6, 6.07) is 5.31. The van der Waals surface area contributed by atoms with Crippen molar-refractivity contribution in [3.8, 4) is 5.75 Å². The molecule has 0 radical (unpaired) electrons. The van der Waals surface area contributed by atoms with Crippen LogP contribution in [0.15, 0.2) is 18.2 Å². The van der Waals surface area contributed by atoms with E-state index in [9.17, 15) is 15.0 Å². The van der Waals surface area contributed by atoms with Gasteiger partial charge in [-0.25, -0.2) is 0 Å². The number of aliphatic hydroxyl groups excluding tert-OH is 1.